The minimum Gasteiger partial charge on any atom is -0.309 e. The van der Waals surface area contributed by atoms with Gasteiger partial charge in [0.25, 0.3) is 0 Å². The first-order valence-electron chi connectivity index (χ1n) is 6.27. The molecule has 1 N–H and O–H groups in total. The molecule has 2 heterocycles. The van der Waals surface area contributed by atoms with Crippen molar-refractivity contribution in [3.8, 4) is 0 Å². The summed E-state index contributed by atoms with van der Waals surface area (Å²) in [6.07, 6.45) is 3.65. The molecular formula is C14H16Cl2N2S. The molecular weight excluding hydrogens is 299 g/mol. The maximum atomic E-state index is 6.24. The smallest absolute Gasteiger partial charge is 0.0760 e. The Bertz CT molecular complexity index is 514. The average molecular weight is 315 g/mol. The van der Waals surface area contributed by atoms with Crippen LogP contribution >= 0.6 is 34.5 Å². The van der Waals surface area contributed by atoms with E-state index in [-0.39, 0.29) is 6.04 Å². The summed E-state index contributed by atoms with van der Waals surface area (Å²) in [5.74, 6) is 0. The summed E-state index contributed by atoms with van der Waals surface area (Å²) in [4.78, 5) is 5.76. The second kappa shape index (κ2) is 7.25. The Kier molecular flexibility index (Phi) is 5.64. The second-order valence-corrected chi connectivity index (χ2v) is 6.12. The molecule has 1 atom stereocenters. The first kappa shape index (κ1) is 14.8. The molecule has 0 aliphatic carbocycles. The number of hydrogen-bond donors (Lipinski definition) is 1. The van der Waals surface area contributed by atoms with Crippen molar-refractivity contribution < 1.29 is 0 Å². The molecule has 0 saturated heterocycles. The number of nitrogens with one attached hydrogen (secondary N) is 1. The summed E-state index contributed by atoms with van der Waals surface area (Å²) in [7, 11) is 0. The van der Waals surface area contributed by atoms with Crippen LogP contribution < -0.4 is 5.32 Å². The summed E-state index contributed by atoms with van der Waals surface area (Å²) in [5.41, 5.74) is 0.879. The lowest BCUT2D eigenvalue weighted by Crippen LogP contribution is -2.22. The van der Waals surface area contributed by atoms with Crippen molar-refractivity contribution >= 4 is 34.5 Å². The zero-order valence-electron chi connectivity index (χ0n) is 10.7. The number of aromatic nitrogens is 1. The third-order valence-electron chi connectivity index (χ3n) is 2.88. The fourth-order valence-electron chi connectivity index (χ4n) is 2.00. The summed E-state index contributed by atoms with van der Waals surface area (Å²) in [5, 5.41) is 6.74. The van der Waals surface area contributed by atoms with Crippen LogP contribution in [0.3, 0.4) is 0 Å². The number of halogens is 2. The number of aryl methyl sites for hydroxylation is 1. The fourth-order valence-corrected chi connectivity index (χ4v) is 3.24. The highest BCUT2D eigenvalue weighted by Gasteiger charge is 2.16. The maximum Gasteiger partial charge on any atom is 0.0760 e. The van der Waals surface area contributed by atoms with Crippen molar-refractivity contribution in [1.82, 2.24) is 10.3 Å². The molecule has 2 rings (SSSR count). The fraction of sp³-hybridized carbons (Fsp3) is 0.357. The van der Waals surface area contributed by atoms with E-state index in [1.165, 1.54) is 4.88 Å². The Morgan fingerprint density at radius 1 is 1.42 bits per heavy atom. The molecule has 0 aliphatic heterocycles. The van der Waals surface area contributed by atoms with E-state index in [1.807, 2.05) is 0 Å². The van der Waals surface area contributed by atoms with Crippen LogP contribution in [0.2, 0.25) is 10.0 Å². The molecule has 2 nitrogen and oxygen atoms in total. The third-order valence-corrected chi connectivity index (χ3v) is 4.32. The molecule has 0 saturated carbocycles. The lowest BCUT2D eigenvalue weighted by molar-refractivity contribution is 0.505. The van der Waals surface area contributed by atoms with E-state index in [9.17, 15) is 0 Å². The van der Waals surface area contributed by atoms with Crippen molar-refractivity contribution in [2.75, 3.05) is 6.54 Å². The highest BCUT2D eigenvalue weighted by Crippen LogP contribution is 2.27. The Labute approximate surface area is 127 Å². The van der Waals surface area contributed by atoms with Gasteiger partial charge in [-0.15, -0.1) is 11.3 Å². The van der Waals surface area contributed by atoms with Gasteiger partial charge in [-0.3, -0.25) is 4.98 Å². The van der Waals surface area contributed by atoms with Crippen LogP contribution in [0.5, 0.6) is 0 Å². The van der Waals surface area contributed by atoms with Gasteiger partial charge in [-0.1, -0.05) is 36.2 Å². The van der Waals surface area contributed by atoms with E-state index in [0.29, 0.717) is 10.0 Å². The van der Waals surface area contributed by atoms with Gasteiger partial charge >= 0.3 is 0 Å². The Balaban J connectivity index is 2.10. The van der Waals surface area contributed by atoms with E-state index in [1.54, 1.807) is 23.6 Å². The minimum absolute atomic E-state index is 0.164. The van der Waals surface area contributed by atoms with Crippen LogP contribution in [0.1, 0.15) is 30.0 Å². The standard InChI is InChI=1S/C14H16Cl2N2S/c1-2-17-13(6-5-11-4-3-7-19-11)14-12(16)8-10(15)9-18-14/h3-4,7-9,13,17H,2,5-6H2,1H3. The average Bonchev–Trinajstić information content (AvgIpc) is 2.88. The largest absolute Gasteiger partial charge is 0.309 e. The molecule has 5 heteroatoms. The van der Waals surface area contributed by atoms with Crippen LogP contribution in [0, 0.1) is 0 Å². The molecule has 2 aromatic rings. The molecule has 0 amide bonds. The van der Waals surface area contributed by atoms with Crippen LogP contribution in [-0.2, 0) is 6.42 Å². The predicted molar refractivity (Wildman–Crippen MR) is 83.3 cm³/mol. The molecule has 0 aromatic carbocycles. The Morgan fingerprint density at radius 2 is 2.26 bits per heavy atom. The van der Waals surface area contributed by atoms with Crippen molar-refractivity contribution in [1.29, 1.82) is 0 Å². The van der Waals surface area contributed by atoms with E-state index in [2.05, 4.69) is 34.7 Å². The molecule has 0 fully saturated rings. The predicted octanol–water partition coefficient (Wildman–Crippen LogP) is 4.73. The normalized spacial score (nSPS) is 12.6. The van der Waals surface area contributed by atoms with Crippen LogP contribution in [0.25, 0.3) is 0 Å². The highest BCUT2D eigenvalue weighted by molar-refractivity contribution is 7.09. The lowest BCUT2D eigenvalue weighted by atomic mass is 10.1. The minimum atomic E-state index is 0.164. The van der Waals surface area contributed by atoms with Gasteiger partial charge in [0, 0.05) is 11.1 Å². The molecule has 0 radical (unpaired) electrons. The summed E-state index contributed by atoms with van der Waals surface area (Å²) in [6.45, 7) is 2.97. The van der Waals surface area contributed by atoms with Gasteiger partial charge in [0.05, 0.1) is 21.8 Å². The van der Waals surface area contributed by atoms with E-state index < -0.39 is 0 Å². The van der Waals surface area contributed by atoms with E-state index >= 15 is 0 Å². The zero-order valence-corrected chi connectivity index (χ0v) is 13.0. The van der Waals surface area contributed by atoms with E-state index in [0.717, 1.165) is 25.1 Å². The maximum absolute atomic E-state index is 6.24. The summed E-state index contributed by atoms with van der Waals surface area (Å²) < 4.78 is 0. The Morgan fingerprint density at radius 3 is 2.89 bits per heavy atom. The van der Waals surface area contributed by atoms with Gasteiger partial charge in [0.2, 0.25) is 0 Å². The third kappa shape index (κ3) is 4.18. The van der Waals surface area contributed by atoms with Crippen LogP contribution in [0.4, 0.5) is 0 Å². The number of hydrogen-bond acceptors (Lipinski definition) is 3. The van der Waals surface area contributed by atoms with Crippen molar-refractivity contribution in [2.45, 2.75) is 25.8 Å². The SMILES string of the molecule is CCNC(CCc1cccs1)c1ncc(Cl)cc1Cl. The zero-order chi connectivity index (χ0) is 13.7. The summed E-state index contributed by atoms with van der Waals surface area (Å²) >= 11 is 13.9. The topological polar surface area (TPSA) is 24.9 Å². The number of nitrogens with zero attached hydrogens (tertiary/aromatic N) is 1. The van der Waals surface area contributed by atoms with Crippen molar-refractivity contribution in [2.24, 2.45) is 0 Å². The first-order valence-corrected chi connectivity index (χ1v) is 7.91. The lowest BCUT2D eigenvalue weighted by Gasteiger charge is -2.18. The monoisotopic (exact) mass is 314 g/mol. The molecule has 102 valence electrons. The van der Waals surface area contributed by atoms with Gasteiger partial charge in [-0.05, 0) is 36.9 Å². The van der Waals surface area contributed by atoms with E-state index in [4.69, 9.17) is 23.2 Å². The second-order valence-electron chi connectivity index (χ2n) is 4.25. The molecule has 2 aromatic heterocycles. The van der Waals surface area contributed by atoms with Crippen LogP contribution in [-0.4, -0.2) is 11.5 Å². The van der Waals surface area contributed by atoms with Gasteiger partial charge in [0.15, 0.2) is 0 Å². The van der Waals surface area contributed by atoms with Gasteiger partial charge in [-0.25, -0.2) is 0 Å². The molecule has 0 bridgehead atoms. The van der Waals surface area contributed by atoms with Crippen molar-refractivity contribution in [3.63, 3.8) is 0 Å². The van der Waals surface area contributed by atoms with Gasteiger partial charge < -0.3 is 5.32 Å². The van der Waals surface area contributed by atoms with Gasteiger partial charge in [-0.2, -0.15) is 0 Å². The Hall–Kier alpha value is -0.610. The number of thiophene rings is 1. The molecule has 0 aliphatic rings. The van der Waals surface area contributed by atoms with Crippen LogP contribution in [0.15, 0.2) is 29.8 Å². The number of rotatable bonds is 6. The summed E-state index contributed by atoms with van der Waals surface area (Å²) in [6, 6.07) is 6.15. The quantitative estimate of drug-likeness (QED) is 0.833. The first-order chi connectivity index (χ1) is 9.20. The molecule has 1 unspecified atom stereocenters. The molecule has 19 heavy (non-hydrogen) atoms. The van der Waals surface area contributed by atoms with Gasteiger partial charge in [0.1, 0.15) is 0 Å². The highest BCUT2D eigenvalue weighted by atomic mass is 35.5. The number of pyridine rings is 1. The van der Waals surface area contributed by atoms with Crippen molar-refractivity contribution in [3.05, 3.63) is 50.4 Å². The molecule has 0 spiro atoms.